The highest BCUT2D eigenvalue weighted by Gasteiger charge is 2.56. The molecule has 0 radical (unpaired) electrons. The minimum Gasteiger partial charge on any atom is -0.0730 e. The number of hydrogen-bond donors (Lipinski definition) is 0. The van der Waals surface area contributed by atoms with Crippen LogP contribution >= 0.6 is 0 Å². The average molecular weight is 549 g/mol. The van der Waals surface area contributed by atoms with Gasteiger partial charge < -0.3 is 0 Å². The second-order valence-corrected chi connectivity index (χ2v) is 16.7. The van der Waals surface area contributed by atoms with Crippen LogP contribution in [0.4, 0.5) is 0 Å². The first-order valence-electron chi connectivity index (χ1n) is 16.0. The van der Waals surface area contributed by atoms with Crippen molar-refractivity contribution in [1.29, 1.82) is 0 Å². The molecule has 0 aromatic heterocycles. The van der Waals surface area contributed by atoms with Gasteiger partial charge in [0.1, 0.15) is 0 Å². The van der Waals surface area contributed by atoms with E-state index in [0.717, 1.165) is 0 Å². The Morgan fingerprint density at radius 3 is 1.45 bits per heavy atom. The molecule has 40 heavy (non-hydrogen) atoms. The van der Waals surface area contributed by atoms with Gasteiger partial charge in [-0.1, -0.05) is 155 Å². The van der Waals surface area contributed by atoms with E-state index in [4.69, 9.17) is 0 Å². The van der Waals surface area contributed by atoms with Crippen LogP contribution in [0.2, 0.25) is 5.04 Å². The Morgan fingerprint density at radius 1 is 0.575 bits per heavy atom. The molecule has 1 unspecified atom stereocenters. The summed E-state index contributed by atoms with van der Waals surface area (Å²) in [6, 6.07) is 31.0. The molecule has 1 heteroatoms. The van der Waals surface area contributed by atoms with Gasteiger partial charge in [0, 0.05) is 5.04 Å². The molecule has 0 N–H and O–H groups in total. The van der Waals surface area contributed by atoms with Gasteiger partial charge in [0.15, 0.2) is 8.07 Å². The van der Waals surface area contributed by atoms with Crippen LogP contribution < -0.4 is 15.6 Å². The van der Waals surface area contributed by atoms with Crippen molar-refractivity contribution in [3.63, 3.8) is 0 Å². The zero-order valence-corrected chi connectivity index (χ0v) is 27.2. The monoisotopic (exact) mass is 548 g/mol. The lowest BCUT2D eigenvalue weighted by atomic mass is 10.0. The van der Waals surface area contributed by atoms with E-state index in [1.165, 1.54) is 85.7 Å². The van der Waals surface area contributed by atoms with Crippen LogP contribution in [0.25, 0.3) is 0 Å². The van der Waals surface area contributed by atoms with E-state index in [0.29, 0.717) is 0 Å². The highest BCUT2D eigenvalue weighted by Crippen LogP contribution is 2.52. The first-order valence-corrected chi connectivity index (χ1v) is 18.0. The molecule has 0 fully saturated rings. The largest absolute Gasteiger partial charge is 0.161 e. The Morgan fingerprint density at radius 2 is 1.05 bits per heavy atom. The zero-order chi connectivity index (χ0) is 28.6. The fraction of sp³-hybridized carbons (Fsp3) is 0.436. The summed E-state index contributed by atoms with van der Waals surface area (Å²) in [6.07, 6.45) is 15.5. The Bertz CT molecular complexity index is 1230. The van der Waals surface area contributed by atoms with Gasteiger partial charge in [-0.15, -0.1) is 0 Å². The van der Waals surface area contributed by atoms with E-state index in [1.807, 2.05) is 0 Å². The highest BCUT2D eigenvalue weighted by atomic mass is 28.3. The Labute approximate surface area is 246 Å². The smallest absolute Gasteiger partial charge is 0.0730 e. The van der Waals surface area contributed by atoms with E-state index in [9.17, 15) is 0 Å². The molecule has 0 amide bonds. The third kappa shape index (κ3) is 6.01. The van der Waals surface area contributed by atoms with Crippen LogP contribution in [0.5, 0.6) is 0 Å². The molecular formula is C39H52Si. The second-order valence-electron chi connectivity index (χ2n) is 12.4. The lowest BCUT2D eigenvalue weighted by Gasteiger charge is -2.47. The summed E-state index contributed by atoms with van der Waals surface area (Å²) in [5.41, 5.74) is 7.55. The molecule has 1 atom stereocenters. The Balaban J connectivity index is 2.00. The maximum atomic E-state index is 2.64. The SMILES string of the molecule is CCCCCCc1cc(CCCCCC)cc([Si](c2ccccc2)(c2ccccc2)C2(C)C=C(C)C(C)=C2C)c1. The molecule has 1 aliphatic carbocycles. The number of unbranched alkanes of at least 4 members (excludes halogenated alkanes) is 6. The molecule has 3 aromatic carbocycles. The van der Waals surface area contributed by atoms with E-state index in [2.05, 4.69) is 126 Å². The third-order valence-corrected chi connectivity index (χ3v) is 15.4. The summed E-state index contributed by atoms with van der Waals surface area (Å²) in [5, 5.41) is 4.57. The van der Waals surface area contributed by atoms with Crippen molar-refractivity contribution in [3.05, 3.63) is 113 Å². The van der Waals surface area contributed by atoms with Crippen molar-refractivity contribution in [2.45, 2.75) is 111 Å². The molecule has 0 heterocycles. The van der Waals surface area contributed by atoms with E-state index in [-0.39, 0.29) is 5.04 Å². The van der Waals surface area contributed by atoms with Gasteiger partial charge >= 0.3 is 0 Å². The molecule has 0 nitrogen and oxygen atoms in total. The van der Waals surface area contributed by atoms with Gasteiger partial charge in [-0.05, 0) is 78.7 Å². The minimum atomic E-state index is -2.57. The van der Waals surface area contributed by atoms with Gasteiger partial charge in [-0.2, -0.15) is 0 Å². The predicted molar refractivity (Wildman–Crippen MR) is 180 cm³/mol. The zero-order valence-electron chi connectivity index (χ0n) is 26.2. The maximum Gasteiger partial charge on any atom is 0.161 e. The number of benzene rings is 3. The molecule has 0 saturated heterocycles. The number of rotatable bonds is 14. The summed E-state index contributed by atoms with van der Waals surface area (Å²) in [7, 11) is -2.57. The van der Waals surface area contributed by atoms with Gasteiger partial charge in [-0.25, -0.2) is 0 Å². The topological polar surface area (TPSA) is 0 Å². The van der Waals surface area contributed by atoms with Crippen LogP contribution in [-0.4, -0.2) is 8.07 Å². The molecule has 0 aliphatic heterocycles. The predicted octanol–water partition coefficient (Wildman–Crippen LogP) is 9.46. The summed E-state index contributed by atoms with van der Waals surface area (Å²) in [6.45, 7) is 14.3. The number of allylic oxidation sites excluding steroid dienone is 4. The van der Waals surface area contributed by atoms with Gasteiger partial charge in [-0.3, -0.25) is 0 Å². The first-order chi connectivity index (χ1) is 19.4. The molecule has 0 spiro atoms. The molecule has 0 saturated carbocycles. The normalized spacial score (nSPS) is 17.4. The summed E-state index contributed by atoms with van der Waals surface area (Å²) in [4.78, 5) is 0. The number of aryl methyl sites for hydroxylation is 2. The minimum absolute atomic E-state index is 0.0514. The summed E-state index contributed by atoms with van der Waals surface area (Å²) in [5.74, 6) is 0. The van der Waals surface area contributed by atoms with Crippen molar-refractivity contribution >= 4 is 23.6 Å². The molecular weight excluding hydrogens is 497 g/mol. The molecule has 4 rings (SSSR count). The van der Waals surface area contributed by atoms with E-state index in [1.54, 1.807) is 21.9 Å². The van der Waals surface area contributed by atoms with Gasteiger partial charge in [0.2, 0.25) is 0 Å². The van der Waals surface area contributed by atoms with E-state index < -0.39 is 8.07 Å². The number of hydrogen-bond acceptors (Lipinski definition) is 0. The second kappa shape index (κ2) is 13.8. The molecule has 3 aromatic rings. The Kier molecular flexibility index (Phi) is 10.5. The molecule has 1 aliphatic rings. The van der Waals surface area contributed by atoms with Crippen LogP contribution in [0.1, 0.15) is 104 Å². The average Bonchev–Trinajstić information content (AvgIpc) is 3.17. The van der Waals surface area contributed by atoms with E-state index >= 15 is 0 Å². The highest BCUT2D eigenvalue weighted by molar-refractivity contribution is 7.14. The van der Waals surface area contributed by atoms with Crippen molar-refractivity contribution < 1.29 is 0 Å². The van der Waals surface area contributed by atoms with Crippen LogP contribution in [0.15, 0.2) is 102 Å². The van der Waals surface area contributed by atoms with Gasteiger partial charge in [0.05, 0.1) is 0 Å². The molecule has 0 bridgehead atoms. The quantitative estimate of drug-likeness (QED) is 0.107. The fourth-order valence-electron chi connectivity index (χ4n) is 7.28. The third-order valence-electron chi connectivity index (χ3n) is 9.75. The summed E-state index contributed by atoms with van der Waals surface area (Å²) < 4.78 is 0. The van der Waals surface area contributed by atoms with Crippen molar-refractivity contribution in [1.82, 2.24) is 0 Å². The lowest BCUT2D eigenvalue weighted by Crippen LogP contribution is -2.73. The molecule has 212 valence electrons. The maximum absolute atomic E-state index is 2.64. The van der Waals surface area contributed by atoms with Crippen LogP contribution in [0.3, 0.4) is 0 Å². The lowest BCUT2D eigenvalue weighted by molar-refractivity contribution is 0.661. The summed E-state index contributed by atoms with van der Waals surface area (Å²) >= 11 is 0. The van der Waals surface area contributed by atoms with Crippen molar-refractivity contribution in [3.8, 4) is 0 Å². The first kappa shape index (κ1) is 30.3. The van der Waals surface area contributed by atoms with Gasteiger partial charge in [0.25, 0.3) is 0 Å². The Hall–Kier alpha value is -2.64. The van der Waals surface area contributed by atoms with Crippen LogP contribution in [0, 0.1) is 0 Å². The van der Waals surface area contributed by atoms with Crippen molar-refractivity contribution in [2.24, 2.45) is 0 Å². The van der Waals surface area contributed by atoms with Crippen LogP contribution in [-0.2, 0) is 12.8 Å². The standard InChI is InChI=1S/C39H52Si/c1-7-9-11-15-21-34-27-35(22-16-12-10-8-2)29-38(28-34)40(36-23-17-13-18-24-36,37-25-19-14-20-26-37)39(6)30-31(3)32(4)33(39)5/h13-14,17-20,23-30H,7-12,15-16,21-22H2,1-6H3. The van der Waals surface area contributed by atoms with Crippen molar-refractivity contribution in [2.75, 3.05) is 0 Å². The fourth-order valence-corrected chi connectivity index (χ4v) is 13.5.